The fraction of sp³-hybridized carbons (Fsp3) is 0.750. The summed E-state index contributed by atoms with van der Waals surface area (Å²) in [4.78, 5) is 10.9. The molecule has 2 nitrogen and oxygen atoms in total. The first kappa shape index (κ1) is 11.3. The highest BCUT2D eigenvalue weighted by Gasteiger charge is 2.20. The molecule has 1 unspecified atom stereocenters. The third-order valence-electron chi connectivity index (χ3n) is 3.11. The lowest BCUT2D eigenvalue weighted by atomic mass is 9.81. The normalized spacial score (nSPS) is 20.1. The average Bonchev–Trinajstić information content (AvgIpc) is 2.26. The van der Waals surface area contributed by atoms with Crippen LogP contribution in [0.1, 0.15) is 39.0 Å². The van der Waals surface area contributed by atoms with Gasteiger partial charge in [-0.2, -0.15) is 0 Å². The van der Waals surface area contributed by atoms with Crippen molar-refractivity contribution in [2.45, 2.75) is 39.0 Å². The molecule has 1 aliphatic rings. The number of hydrogen-bond donors (Lipinski definition) is 0. The molecule has 1 saturated carbocycles. The van der Waals surface area contributed by atoms with Crippen molar-refractivity contribution < 1.29 is 9.53 Å². The Morgan fingerprint density at radius 1 is 1.50 bits per heavy atom. The molecule has 1 rings (SSSR count). The topological polar surface area (TPSA) is 26.3 Å². The van der Waals surface area contributed by atoms with Crippen molar-refractivity contribution in [3.05, 3.63) is 12.7 Å². The Balaban J connectivity index is 2.22. The molecule has 0 aliphatic heterocycles. The summed E-state index contributed by atoms with van der Waals surface area (Å²) in [7, 11) is 0. The fourth-order valence-electron chi connectivity index (χ4n) is 2.11. The van der Waals surface area contributed by atoms with Gasteiger partial charge >= 0.3 is 5.97 Å². The lowest BCUT2D eigenvalue weighted by Gasteiger charge is -2.27. The molecule has 14 heavy (non-hydrogen) atoms. The van der Waals surface area contributed by atoms with Crippen molar-refractivity contribution in [1.82, 2.24) is 0 Å². The number of ether oxygens (including phenoxy) is 1. The van der Waals surface area contributed by atoms with Gasteiger partial charge in [-0.15, -0.1) is 0 Å². The van der Waals surface area contributed by atoms with E-state index in [1.54, 1.807) is 0 Å². The van der Waals surface area contributed by atoms with Crippen LogP contribution in [0.25, 0.3) is 0 Å². The first-order valence-corrected chi connectivity index (χ1v) is 5.53. The molecule has 0 bridgehead atoms. The van der Waals surface area contributed by atoms with E-state index in [2.05, 4.69) is 13.5 Å². The van der Waals surface area contributed by atoms with Crippen molar-refractivity contribution in [3.63, 3.8) is 0 Å². The number of hydrogen-bond acceptors (Lipinski definition) is 2. The van der Waals surface area contributed by atoms with Gasteiger partial charge in [0.1, 0.15) is 0 Å². The highest BCUT2D eigenvalue weighted by atomic mass is 16.5. The van der Waals surface area contributed by atoms with Crippen molar-refractivity contribution in [2.75, 3.05) is 6.61 Å². The van der Waals surface area contributed by atoms with Crippen LogP contribution in [0, 0.1) is 11.8 Å². The van der Waals surface area contributed by atoms with Gasteiger partial charge in [-0.1, -0.05) is 45.6 Å². The summed E-state index contributed by atoms with van der Waals surface area (Å²) < 4.78 is 5.05. The summed E-state index contributed by atoms with van der Waals surface area (Å²) >= 11 is 0. The van der Waals surface area contributed by atoms with Gasteiger partial charge in [-0.05, 0) is 11.8 Å². The van der Waals surface area contributed by atoms with Crippen LogP contribution in [0.4, 0.5) is 0 Å². The Bertz CT molecular complexity index is 192. The average molecular weight is 196 g/mol. The third-order valence-corrected chi connectivity index (χ3v) is 3.11. The molecule has 0 N–H and O–H groups in total. The van der Waals surface area contributed by atoms with Gasteiger partial charge in [0.2, 0.25) is 0 Å². The van der Waals surface area contributed by atoms with Gasteiger partial charge in [0.25, 0.3) is 0 Å². The van der Waals surface area contributed by atoms with Crippen molar-refractivity contribution >= 4 is 5.97 Å². The van der Waals surface area contributed by atoms with E-state index in [9.17, 15) is 4.79 Å². The SMILES string of the molecule is C=CC(=O)OCC(C)C1CCCCC1. The predicted molar refractivity (Wildman–Crippen MR) is 56.9 cm³/mol. The van der Waals surface area contributed by atoms with E-state index in [1.165, 1.54) is 38.2 Å². The molecule has 0 amide bonds. The van der Waals surface area contributed by atoms with E-state index in [4.69, 9.17) is 4.74 Å². The number of esters is 1. The summed E-state index contributed by atoms with van der Waals surface area (Å²) in [5.74, 6) is 0.952. The Kier molecular flexibility index (Phi) is 4.71. The molecule has 0 saturated heterocycles. The van der Waals surface area contributed by atoms with Gasteiger partial charge in [-0.3, -0.25) is 0 Å². The van der Waals surface area contributed by atoms with Crippen LogP contribution in [-0.2, 0) is 9.53 Å². The highest BCUT2D eigenvalue weighted by molar-refractivity contribution is 5.81. The smallest absolute Gasteiger partial charge is 0.330 e. The molecule has 0 aromatic rings. The Hall–Kier alpha value is -0.790. The molecule has 80 valence electrons. The third kappa shape index (κ3) is 3.52. The molecule has 0 spiro atoms. The van der Waals surface area contributed by atoms with Crippen molar-refractivity contribution in [2.24, 2.45) is 11.8 Å². The summed E-state index contributed by atoms with van der Waals surface area (Å²) in [6.07, 6.45) is 7.87. The maximum atomic E-state index is 10.9. The van der Waals surface area contributed by atoms with Crippen LogP contribution < -0.4 is 0 Å². The zero-order valence-corrected chi connectivity index (χ0v) is 9.00. The van der Waals surface area contributed by atoms with E-state index in [0.29, 0.717) is 12.5 Å². The van der Waals surface area contributed by atoms with Crippen molar-refractivity contribution in [3.8, 4) is 0 Å². The van der Waals surface area contributed by atoms with E-state index in [1.807, 2.05) is 0 Å². The van der Waals surface area contributed by atoms with Crippen LogP contribution >= 0.6 is 0 Å². The van der Waals surface area contributed by atoms with Crippen LogP contribution in [0.5, 0.6) is 0 Å². The van der Waals surface area contributed by atoms with Gasteiger partial charge in [0.15, 0.2) is 0 Å². The molecule has 2 heteroatoms. The summed E-state index contributed by atoms with van der Waals surface area (Å²) in [6, 6.07) is 0. The van der Waals surface area contributed by atoms with Crippen LogP contribution in [0.2, 0.25) is 0 Å². The summed E-state index contributed by atoms with van der Waals surface area (Å²) in [6.45, 7) is 6.10. The summed E-state index contributed by atoms with van der Waals surface area (Å²) in [5.41, 5.74) is 0. The largest absolute Gasteiger partial charge is 0.462 e. The molecular formula is C12H20O2. The second kappa shape index (κ2) is 5.84. The molecule has 0 radical (unpaired) electrons. The molecule has 1 fully saturated rings. The molecule has 1 atom stereocenters. The van der Waals surface area contributed by atoms with Gasteiger partial charge < -0.3 is 4.74 Å². The Labute approximate surface area is 86.3 Å². The van der Waals surface area contributed by atoms with E-state index in [0.717, 1.165) is 5.92 Å². The Morgan fingerprint density at radius 3 is 2.71 bits per heavy atom. The number of carbonyl (C=O) groups excluding carboxylic acids is 1. The lowest BCUT2D eigenvalue weighted by Crippen LogP contribution is -2.21. The van der Waals surface area contributed by atoms with E-state index < -0.39 is 0 Å². The van der Waals surface area contributed by atoms with Gasteiger partial charge in [0, 0.05) is 6.08 Å². The van der Waals surface area contributed by atoms with Gasteiger partial charge in [0.05, 0.1) is 6.61 Å². The zero-order chi connectivity index (χ0) is 10.4. The number of rotatable bonds is 4. The minimum Gasteiger partial charge on any atom is -0.462 e. The minimum absolute atomic E-state index is 0.298. The maximum absolute atomic E-state index is 10.9. The first-order valence-electron chi connectivity index (χ1n) is 5.53. The maximum Gasteiger partial charge on any atom is 0.330 e. The van der Waals surface area contributed by atoms with Crippen molar-refractivity contribution in [1.29, 1.82) is 0 Å². The fourth-order valence-corrected chi connectivity index (χ4v) is 2.11. The minimum atomic E-state index is -0.298. The van der Waals surface area contributed by atoms with Crippen LogP contribution in [-0.4, -0.2) is 12.6 Å². The van der Waals surface area contributed by atoms with E-state index in [-0.39, 0.29) is 5.97 Å². The second-order valence-electron chi connectivity index (χ2n) is 4.21. The molecule has 0 aromatic heterocycles. The van der Waals surface area contributed by atoms with Crippen LogP contribution in [0.15, 0.2) is 12.7 Å². The second-order valence-corrected chi connectivity index (χ2v) is 4.21. The summed E-state index contributed by atoms with van der Waals surface area (Å²) in [5, 5.41) is 0. The quantitative estimate of drug-likeness (QED) is 0.510. The predicted octanol–water partition coefficient (Wildman–Crippen LogP) is 2.93. The zero-order valence-electron chi connectivity index (χ0n) is 9.00. The van der Waals surface area contributed by atoms with Gasteiger partial charge in [-0.25, -0.2) is 4.79 Å². The highest BCUT2D eigenvalue weighted by Crippen LogP contribution is 2.29. The molecule has 1 aliphatic carbocycles. The standard InChI is InChI=1S/C12H20O2/c1-3-12(13)14-9-10(2)11-7-5-4-6-8-11/h3,10-11H,1,4-9H2,2H3. The monoisotopic (exact) mass is 196 g/mol. The lowest BCUT2D eigenvalue weighted by molar-refractivity contribution is -0.139. The van der Waals surface area contributed by atoms with Crippen LogP contribution in [0.3, 0.4) is 0 Å². The molecule has 0 heterocycles. The first-order chi connectivity index (χ1) is 6.74. The molecular weight excluding hydrogens is 176 g/mol. The van der Waals surface area contributed by atoms with E-state index >= 15 is 0 Å². The molecule has 0 aromatic carbocycles. The number of carbonyl (C=O) groups is 1. The Morgan fingerprint density at radius 2 is 2.14 bits per heavy atom.